The van der Waals surface area contributed by atoms with Gasteiger partial charge in [0.1, 0.15) is 24.7 Å². The molecule has 0 N–H and O–H groups in total. The highest BCUT2D eigenvalue weighted by Crippen LogP contribution is 2.21. The van der Waals surface area contributed by atoms with Crippen LogP contribution in [-0.4, -0.2) is 19.9 Å². The number of hydrogen-bond acceptors (Lipinski definition) is 6. The van der Waals surface area contributed by atoms with E-state index in [2.05, 4.69) is 60.1 Å². The van der Waals surface area contributed by atoms with E-state index >= 15 is 0 Å². The Bertz CT molecular complexity index is 1770. The van der Waals surface area contributed by atoms with Gasteiger partial charge in [-0.25, -0.2) is 0 Å². The number of aryl methyl sites for hydroxylation is 1. The summed E-state index contributed by atoms with van der Waals surface area (Å²) in [6.45, 7) is 2.93. The molecule has 0 radical (unpaired) electrons. The normalized spacial score (nSPS) is 10.9. The molecule has 0 saturated carbocycles. The molecule has 0 aliphatic carbocycles. The van der Waals surface area contributed by atoms with Gasteiger partial charge in [0.05, 0.1) is 22.8 Å². The van der Waals surface area contributed by atoms with Crippen molar-refractivity contribution < 1.29 is 9.47 Å². The summed E-state index contributed by atoms with van der Waals surface area (Å²) in [4.78, 5) is 18.0. The maximum atomic E-state index is 6.00. The van der Waals surface area contributed by atoms with Gasteiger partial charge in [0, 0.05) is 41.2 Å². The van der Waals surface area contributed by atoms with Gasteiger partial charge in [-0.1, -0.05) is 64.5 Å². The summed E-state index contributed by atoms with van der Waals surface area (Å²) in [5.41, 5.74) is 10.1. The summed E-state index contributed by atoms with van der Waals surface area (Å²) in [5.74, 6) is 1.65. The highest BCUT2D eigenvalue weighted by Gasteiger charge is 2.05. The Morgan fingerprint density at radius 1 is 0.455 bits per heavy atom. The first-order valence-electron chi connectivity index (χ1n) is 14.4. The number of rotatable bonds is 11. The summed E-state index contributed by atoms with van der Waals surface area (Å²) in [6, 6.07) is 32.5. The van der Waals surface area contributed by atoms with Crippen molar-refractivity contribution in [2.45, 2.75) is 31.9 Å². The van der Waals surface area contributed by atoms with Crippen molar-refractivity contribution in [3.63, 3.8) is 0 Å². The molecule has 0 spiro atoms. The Kier molecular flexibility index (Phi) is 9.33. The Balaban J connectivity index is 0.961. The molecule has 7 heteroatoms. The first kappa shape index (κ1) is 29.2. The molecular weight excluding hydrogens is 612 g/mol. The van der Waals surface area contributed by atoms with Crippen molar-refractivity contribution in [3.8, 4) is 34.3 Å². The first-order chi connectivity index (χ1) is 21.6. The molecule has 0 atom stereocenters. The molecule has 0 aliphatic heterocycles. The Morgan fingerprint density at radius 3 is 1.20 bits per heavy atom. The lowest BCUT2D eigenvalue weighted by Gasteiger charge is -2.09. The molecule has 6 aromatic rings. The van der Waals surface area contributed by atoms with Gasteiger partial charge in [0.2, 0.25) is 0 Å². The minimum absolute atomic E-state index is 0.453. The standard InChI is InChI=1S/C37H31BrN4O2/c1-26-2-14-34(39-20-26)36-16-8-30(22-41-36)24-43-32-10-3-27(4-11-32)18-28-5-12-33(13-6-28)44-25-31-9-17-37(42-23-31)35-15-7-29(19-38)21-40-35/h2-17,20-23H,18-19,24-25H2,1H3. The SMILES string of the molecule is Cc1ccc(-c2ccc(COc3ccc(Cc4ccc(OCc5ccc(-c6ccc(CBr)cn6)nc5)cc4)cc3)cn2)nc1. The van der Waals surface area contributed by atoms with E-state index in [1.165, 1.54) is 11.1 Å². The zero-order valence-electron chi connectivity index (χ0n) is 24.4. The summed E-state index contributed by atoms with van der Waals surface area (Å²) in [7, 11) is 0. The van der Waals surface area contributed by atoms with Gasteiger partial charge in [-0.15, -0.1) is 0 Å². The zero-order chi connectivity index (χ0) is 30.1. The number of pyridine rings is 4. The molecule has 0 fully saturated rings. The molecule has 0 saturated heterocycles. The van der Waals surface area contributed by atoms with E-state index in [-0.39, 0.29) is 0 Å². The molecule has 218 valence electrons. The minimum atomic E-state index is 0.453. The van der Waals surface area contributed by atoms with Gasteiger partial charge in [-0.3, -0.25) is 19.9 Å². The molecule has 0 unspecified atom stereocenters. The van der Waals surface area contributed by atoms with Crippen LogP contribution in [0.3, 0.4) is 0 Å². The molecule has 0 aliphatic rings. The smallest absolute Gasteiger partial charge is 0.119 e. The molecule has 44 heavy (non-hydrogen) atoms. The van der Waals surface area contributed by atoms with Crippen LogP contribution in [0.15, 0.2) is 122 Å². The van der Waals surface area contributed by atoms with Crippen LogP contribution in [0.25, 0.3) is 22.8 Å². The van der Waals surface area contributed by atoms with Crippen molar-refractivity contribution in [2.75, 3.05) is 0 Å². The third kappa shape index (κ3) is 7.74. The van der Waals surface area contributed by atoms with E-state index in [1.54, 1.807) is 0 Å². The number of halogens is 1. The van der Waals surface area contributed by atoms with Gasteiger partial charge in [-0.2, -0.15) is 0 Å². The second-order valence-corrected chi connectivity index (χ2v) is 11.1. The molecule has 6 rings (SSSR count). The van der Waals surface area contributed by atoms with Crippen LogP contribution in [0.5, 0.6) is 11.5 Å². The van der Waals surface area contributed by atoms with Gasteiger partial charge >= 0.3 is 0 Å². The summed E-state index contributed by atoms with van der Waals surface area (Å²) in [6.07, 6.45) is 8.23. The number of alkyl halides is 1. The Labute approximate surface area is 266 Å². The number of hydrogen-bond donors (Lipinski definition) is 0. The van der Waals surface area contributed by atoms with Crippen LogP contribution in [0.1, 0.15) is 33.4 Å². The lowest BCUT2D eigenvalue weighted by Crippen LogP contribution is -1.98. The van der Waals surface area contributed by atoms with E-state index in [0.29, 0.717) is 13.2 Å². The average Bonchev–Trinajstić information content (AvgIpc) is 3.08. The van der Waals surface area contributed by atoms with Gasteiger partial charge in [0.15, 0.2) is 0 Å². The minimum Gasteiger partial charge on any atom is -0.489 e. The van der Waals surface area contributed by atoms with Crippen molar-refractivity contribution in [2.24, 2.45) is 0 Å². The molecule has 0 amide bonds. The van der Waals surface area contributed by atoms with E-state index in [9.17, 15) is 0 Å². The summed E-state index contributed by atoms with van der Waals surface area (Å²) >= 11 is 3.45. The lowest BCUT2D eigenvalue weighted by atomic mass is 10.0. The fourth-order valence-electron chi connectivity index (χ4n) is 4.57. The second-order valence-electron chi connectivity index (χ2n) is 10.6. The fourth-order valence-corrected chi connectivity index (χ4v) is 4.90. The quantitative estimate of drug-likeness (QED) is 0.132. The van der Waals surface area contributed by atoms with Crippen molar-refractivity contribution >= 4 is 15.9 Å². The molecule has 0 bridgehead atoms. The largest absolute Gasteiger partial charge is 0.489 e. The fraction of sp³-hybridized carbons (Fsp3) is 0.135. The van der Waals surface area contributed by atoms with Crippen molar-refractivity contribution in [1.82, 2.24) is 19.9 Å². The molecule has 2 aromatic carbocycles. The van der Waals surface area contributed by atoms with Crippen molar-refractivity contribution in [3.05, 3.63) is 155 Å². The third-order valence-corrected chi connectivity index (χ3v) is 7.78. The molecule has 4 heterocycles. The Morgan fingerprint density at radius 2 is 0.841 bits per heavy atom. The van der Waals surface area contributed by atoms with Gasteiger partial charge in [0.25, 0.3) is 0 Å². The number of ether oxygens (including phenoxy) is 2. The first-order valence-corrected chi connectivity index (χ1v) is 15.5. The van der Waals surface area contributed by atoms with Crippen LogP contribution >= 0.6 is 15.9 Å². The van der Waals surface area contributed by atoms with E-state index in [1.807, 2.05) is 105 Å². The van der Waals surface area contributed by atoms with Crippen LogP contribution in [0, 0.1) is 6.92 Å². The lowest BCUT2D eigenvalue weighted by molar-refractivity contribution is 0.305. The number of aromatic nitrogens is 4. The van der Waals surface area contributed by atoms with Crippen molar-refractivity contribution in [1.29, 1.82) is 0 Å². The van der Waals surface area contributed by atoms with Gasteiger partial charge < -0.3 is 9.47 Å². The second kappa shape index (κ2) is 14.1. The summed E-state index contributed by atoms with van der Waals surface area (Å²) < 4.78 is 12.0. The zero-order valence-corrected chi connectivity index (χ0v) is 25.9. The molecular formula is C37H31BrN4O2. The Hall–Kier alpha value is -4.88. The highest BCUT2D eigenvalue weighted by atomic mass is 79.9. The van der Waals surface area contributed by atoms with E-state index in [4.69, 9.17) is 9.47 Å². The summed E-state index contributed by atoms with van der Waals surface area (Å²) in [5, 5.41) is 0.789. The highest BCUT2D eigenvalue weighted by molar-refractivity contribution is 9.08. The van der Waals surface area contributed by atoms with E-state index in [0.717, 1.165) is 68.3 Å². The maximum absolute atomic E-state index is 6.00. The monoisotopic (exact) mass is 642 g/mol. The van der Waals surface area contributed by atoms with E-state index < -0.39 is 0 Å². The number of benzene rings is 2. The predicted octanol–water partition coefficient (Wildman–Crippen LogP) is 8.55. The number of nitrogens with zero attached hydrogens (tertiary/aromatic N) is 4. The van der Waals surface area contributed by atoms with Crippen LogP contribution in [0.4, 0.5) is 0 Å². The van der Waals surface area contributed by atoms with Crippen LogP contribution in [0.2, 0.25) is 0 Å². The molecule has 6 nitrogen and oxygen atoms in total. The molecule has 4 aromatic heterocycles. The van der Waals surface area contributed by atoms with Crippen LogP contribution in [-0.2, 0) is 25.0 Å². The van der Waals surface area contributed by atoms with Crippen LogP contribution < -0.4 is 9.47 Å². The predicted molar refractivity (Wildman–Crippen MR) is 177 cm³/mol. The average molecular weight is 644 g/mol. The maximum Gasteiger partial charge on any atom is 0.119 e. The third-order valence-electron chi connectivity index (χ3n) is 7.13. The van der Waals surface area contributed by atoms with Gasteiger partial charge in [-0.05, 0) is 84.1 Å². The topological polar surface area (TPSA) is 70.0 Å².